The fourth-order valence-corrected chi connectivity index (χ4v) is 3.60. The van der Waals surface area contributed by atoms with Gasteiger partial charge in [0.15, 0.2) is 10.3 Å². The third-order valence-electron chi connectivity index (χ3n) is 3.21. The van der Waals surface area contributed by atoms with Gasteiger partial charge >= 0.3 is 0 Å². The van der Waals surface area contributed by atoms with Gasteiger partial charge in [-0.15, -0.1) is 0 Å². The molecular formula is C16H16N4O2S2. The predicted molar refractivity (Wildman–Crippen MR) is 97.9 cm³/mol. The Morgan fingerprint density at radius 3 is 2.88 bits per heavy atom. The van der Waals surface area contributed by atoms with Crippen molar-refractivity contribution in [2.75, 3.05) is 11.1 Å². The van der Waals surface area contributed by atoms with Gasteiger partial charge in [-0.2, -0.15) is 0 Å². The van der Waals surface area contributed by atoms with Crippen LogP contribution in [0.4, 0.5) is 5.13 Å². The molecule has 8 heteroatoms. The maximum absolute atomic E-state index is 12.1. The number of fused-ring (bicyclic) bond motifs is 1. The van der Waals surface area contributed by atoms with Gasteiger partial charge in [0, 0.05) is 6.07 Å². The van der Waals surface area contributed by atoms with E-state index in [-0.39, 0.29) is 23.1 Å². The van der Waals surface area contributed by atoms with Crippen LogP contribution in [0.3, 0.4) is 0 Å². The largest absolute Gasteiger partial charge is 0.301 e. The number of H-pyrrole nitrogens is 1. The van der Waals surface area contributed by atoms with E-state index >= 15 is 0 Å². The topological polar surface area (TPSA) is 87.7 Å². The van der Waals surface area contributed by atoms with Gasteiger partial charge in [0.2, 0.25) is 5.91 Å². The molecule has 0 aliphatic rings. The Balaban J connectivity index is 1.64. The number of nitrogens with zero attached hydrogens (tertiary/aromatic N) is 2. The van der Waals surface area contributed by atoms with Crippen molar-refractivity contribution in [2.45, 2.75) is 24.9 Å². The maximum atomic E-state index is 12.1. The van der Waals surface area contributed by atoms with Crippen molar-refractivity contribution in [1.29, 1.82) is 0 Å². The maximum Gasteiger partial charge on any atom is 0.251 e. The van der Waals surface area contributed by atoms with Crippen LogP contribution in [-0.2, 0) is 4.79 Å². The minimum absolute atomic E-state index is 0.153. The summed E-state index contributed by atoms with van der Waals surface area (Å²) in [7, 11) is 0. The van der Waals surface area contributed by atoms with E-state index in [4.69, 9.17) is 0 Å². The van der Waals surface area contributed by atoms with E-state index in [1.165, 1.54) is 29.2 Å². The molecule has 3 rings (SSSR count). The van der Waals surface area contributed by atoms with Crippen LogP contribution < -0.4 is 10.9 Å². The highest BCUT2D eigenvalue weighted by molar-refractivity contribution is 7.99. The number of amides is 1. The zero-order valence-corrected chi connectivity index (χ0v) is 14.8. The van der Waals surface area contributed by atoms with Gasteiger partial charge in [0.05, 0.1) is 21.7 Å². The third-order valence-corrected chi connectivity index (χ3v) is 5.04. The number of thioether (sulfide) groups is 1. The number of anilines is 1. The van der Waals surface area contributed by atoms with Crippen LogP contribution in [0.25, 0.3) is 10.2 Å². The van der Waals surface area contributed by atoms with Crippen LogP contribution in [0.2, 0.25) is 0 Å². The number of benzene rings is 1. The fourth-order valence-electron chi connectivity index (χ4n) is 2.03. The molecule has 1 amide bonds. The molecule has 0 saturated carbocycles. The highest BCUT2D eigenvalue weighted by Crippen LogP contribution is 2.25. The lowest BCUT2D eigenvalue weighted by molar-refractivity contribution is -0.113. The van der Waals surface area contributed by atoms with E-state index < -0.39 is 0 Å². The summed E-state index contributed by atoms with van der Waals surface area (Å²) in [6.45, 7) is 3.94. The molecule has 0 saturated heterocycles. The molecule has 0 unspecified atom stereocenters. The van der Waals surface area contributed by atoms with E-state index in [0.717, 1.165) is 10.2 Å². The number of carbonyl (C=O) groups excluding carboxylic acids is 1. The average Bonchev–Trinajstić information content (AvgIpc) is 2.94. The van der Waals surface area contributed by atoms with Gasteiger partial charge in [-0.05, 0) is 18.1 Å². The molecule has 2 heterocycles. The quantitative estimate of drug-likeness (QED) is 0.539. The van der Waals surface area contributed by atoms with Crippen molar-refractivity contribution < 1.29 is 4.79 Å². The number of hydrogen-bond acceptors (Lipinski definition) is 6. The molecule has 0 bridgehead atoms. The van der Waals surface area contributed by atoms with Crippen LogP contribution in [0.15, 0.2) is 40.3 Å². The second-order valence-electron chi connectivity index (χ2n) is 5.45. The van der Waals surface area contributed by atoms with Crippen molar-refractivity contribution >= 4 is 44.4 Å². The summed E-state index contributed by atoms with van der Waals surface area (Å²) in [5, 5.41) is 3.80. The van der Waals surface area contributed by atoms with Gasteiger partial charge in [-0.1, -0.05) is 49.1 Å². The summed E-state index contributed by atoms with van der Waals surface area (Å²) in [6, 6.07) is 9.20. The van der Waals surface area contributed by atoms with Crippen LogP contribution >= 0.6 is 23.1 Å². The summed E-state index contributed by atoms with van der Waals surface area (Å²) in [5.74, 6) is 0.125. The van der Waals surface area contributed by atoms with Gasteiger partial charge in [-0.25, -0.2) is 9.97 Å². The predicted octanol–water partition coefficient (Wildman–Crippen LogP) is 3.23. The number of aromatic nitrogens is 3. The molecule has 2 aromatic heterocycles. The molecule has 24 heavy (non-hydrogen) atoms. The van der Waals surface area contributed by atoms with E-state index in [9.17, 15) is 9.59 Å². The zero-order valence-electron chi connectivity index (χ0n) is 13.2. The van der Waals surface area contributed by atoms with Crippen LogP contribution in [0.1, 0.15) is 25.5 Å². The summed E-state index contributed by atoms with van der Waals surface area (Å²) < 4.78 is 1.02. The Bertz CT molecular complexity index is 900. The monoisotopic (exact) mass is 360 g/mol. The molecule has 3 aromatic rings. The first-order chi connectivity index (χ1) is 11.5. The van der Waals surface area contributed by atoms with Crippen molar-refractivity contribution in [2.24, 2.45) is 0 Å². The normalized spacial score (nSPS) is 11.1. The Kier molecular flexibility index (Phi) is 4.96. The first kappa shape index (κ1) is 16.7. The van der Waals surface area contributed by atoms with E-state index in [0.29, 0.717) is 16.0 Å². The Labute approximate surface area is 146 Å². The molecule has 0 atom stereocenters. The van der Waals surface area contributed by atoms with Crippen molar-refractivity contribution in [3.8, 4) is 0 Å². The number of para-hydroxylation sites is 1. The van der Waals surface area contributed by atoms with E-state index in [1.807, 2.05) is 38.1 Å². The van der Waals surface area contributed by atoms with E-state index in [2.05, 4.69) is 20.3 Å². The number of carbonyl (C=O) groups is 1. The molecule has 1 aromatic carbocycles. The number of hydrogen-bond donors (Lipinski definition) is 2. The smallest absolute Gasteiger partial charge is 0.251 e. The minimum Gasteiger partial charge on any atom is -0.301 e. The highest BCUT2D eigenvalue weighted by atomic mass is 32.2. The zero-order chi connectivity index (χ0) is 17.1. The summed E-state index contributed by atoms with van der Waals surface area (Å²) in [4.78, 5) is 35.1. The molecular weight excluding hydrogens is 344 g/mol. The van der Waals surface area contributed by atoms with Crippen LogP contribution in [-0.4, -0.2) is 26.6 Å². The third kappa shape index (κ3) is 4.01. The van der Waals surface area contributed by atoms with Crippen LogP contribution in [0, 0.1) is 0 Å². The number of rotatable bonds is 5. The first-order valence-corrected chi connectivity index (χ1v) is 9.21. The minimum atomic E-state index is -0.206. The lowest BCUT2D eigenvalue weighted by Crippen LogP contribution is -2.16. The molecule has 0 fully saturated rings. The highest BCUT2D eigenvalue weighted by Gasteiger charge is 2.10. The van der Waals surface area contributed by atoms with Crippen LogP contribution in [0.5, 0.6) is 0 Å². The molecule has 6 nitrogen and oxygen atoms in total. The lowest BCUT2D eigenvalue weighted by Gasteiger charge is -2.06. The second-order valence-corrected chi connectivity index (χ2v) is 7.45. The first-order valence-electron chi connectivity index (χ1n) is 7.41. The molecule has 0 aliphatic heterocycles. The Morgan fingerprint density at radius 2 is 2.12 bits per heavy atom. The van der Waals surface area contributed by atoms with Gasteiger partial charge < -0.3 is 10.3 Å². The fraction of sp³-hybridized carbons (Fsp3) is 0.250. The van der Waals surface area contributed by atoms with Crippen molar-refractivity contribution in [1.82, 2.24) is 15.0 Å². The van der Waals surface area contributed by atoms with E-state index in [1.54, 1.807) is 0 Å². The molecule has 0 radical (unpaired) electrons. The van der Waals surface area contributed by atoms with Crippen molar-refractivity contribution in [3.63, 3.8) is 0 Å². The molecule has 2 N–H and O–H groups in total. The molecule has 0 spiro atoms. The second kappa shape index (κ2) is 7.14. The van der Waals surface area contributed by atoms with Gasteiger partial charge in [0.1, 0.15) is 0 Å². The SMILES string of the molecule is CC(C)c1cc(=O)[nH]c(SCC(=O)Nc2nc3ccccc3s2)n1. The Hall–Kier alpha value is -2.19. The standard InChI is InChI=1S/C16H16N4O2S2/c1-9(2)11-7-13(21)19-15(18-11)23-8-14(22)20-16-17-10-5-3-4-6-12(10)24-16/h3-7,9H,8H2,1-2H3,(H,17,20,22)(H,18,19,21). The Morgan fingerprint density at radius 1 is 1.33 bits per heavy atom. The van der Waals surface area contributed by atoms with Crippen molar-refractivity contribution in [3.05, 3.63) is 46.4 Å². The average molecular weight is 360 g/mol. The number of thiazole rings is 1. The molecule has 0 aliphatic carbocycles. The van der Waals surface area contributed by atoms with Gasteiger partial charge in [-0.3, -0.25) is 9.59 Å². The lowest BCUT2D eigenvalue weighted by atomic mass is 10.1. The summed E-state index contributed by atoms with van der Waals surface area (Å²) in [6.07, 6.45) is 0. The van der Waals surface area contributed by atoms with Gasteiger partial charge in [0.25, 0.3) is 5.56 Å². The summed E-state index contributed by atoms with van der Waals surface area (Å²) >= 11 is 2.63. The molecule has 124 valence electrons. The number of aromatic amines is 1. The summed E-state index contributed by atoms with van der Waals surface area (Å²) in [5.41, 5.74) is 1.37. The number of nitrogens with one attached hydrogen (secondary N) is 2.